The zero-order valence-electron chi connectivity index (χ0n) is 16.0. The Bertz CT molecular complexity index is 833. The number of ether oxygens (including phenoxy) is 1. The number of rotatable bonds is 9. The third kappa shape index (κ3) is 3.67. The molecule has 1 aromatic carbocycles. The van der Waals surface area contributed by atoms with Crippen molar-refractivity contribution in [3.8, 4) is 0 Å². The van der Waals surface area contributed by atoms with Gasteiger partial charge in [0.25, 0.3) is 0 Å². The average molecular weight is 365 g/mol. The summed E-state index contributed by atoms with van der Waals surface area (Å²) in [4.78, 5) is 10.9. The summed E-state index contributed by atoms with van der Waals surface area (Å²) in [6.45, 7) is 4.40. The van der Waals surface area contributed by atoms with Gasteiger partial charge in [-0.2, -0.15) is 0 Å². The average Bonchev–Trinajstić information content (AvgIpc) is 3.62. The second-order valence-electron chi connectivity index (χ2n) is 7.57. The maximum absolute atomic E-state index is 7.73. The number of anilines is 3. The highest BCUT2D eigenvalue weighted by atomic mass is 16.5. The molecule has 2 aliphatic rings. The quantitative estimate of drug-likeness (QED) is 0.658. The van der Waals surface area contributed by atoms with Crippen molar-refractivity contribution in [2.24, 2.45) is 5.41 Å². The first-order valence-corrected chi connectivity index (χ1v) is 9.66. The van der Waals surface area contributed by atoms with Crippen LogP contribution in [-0.4, -0.2) is 43.0 Å². The number of nitrogens with one attached hydrogen (secondary N) is 2. The zero-order valence-corrected chi connectivity index (χ0v) is 16.0. The van der Waals surface area contributed by atoms with E-state index in [1.807, 2.05) is 12.1 Å². The van der Waals surface area contributed by atoms with Gasteiger partial charge in [0.15, 0.2) is 0 Å². The molecule has 6 heteroatoms. The van der Waals surface area contributed by atoms with Gasteiger partial charge >= 0.3 is 0 Å². The summed E-state index contributed by atoms with van der Waals surface area (Å²) in [5.41, 5.74) is 3.81. The fraction of sp³-hybridized carbons (Fsp3) is 0.476. The minimum absolute atomic E-state index is 0.620. The minimum Gasteiger partial charge on any atom is -0.383 e. The van der Waals surface area contributed by atoms with E-state index in [0.717, 1.165) is 36.0 Å². The van der Waals surface area contributed by atoms with Crippen LogP contribution in [-0.2, 0) is 4.74 Å². The Hall–Kier alpha value is -2.47. The summed E-state index contributed by atoms with van der Waals surface area (Å²) in [5.74, 6) is 2.32. The number of hydrogen-bond acceptors (Lipinski definition) is 6. The lowest BCUT2D eigenvalue weighted by Crippen LogP contribution is -2.27. The summed E-state index contributed by atoms with van der Waals surface area (Å²) in [6, 6.07) is 8.37. The molecule has 0 bridgehead atoms. The lowest BCUT2D eigenvalue weighted by molar-refractivity contribution is 0.205. The smallest absolute Gasteiger partial charge is 0.135 e. The molecule has 1 heterocycles. The van der Waals surface area contributed by atoms with Crippen molar-refractivity contribution in [1.29, 1.82) is 5.41 Å². The van der Waals surface area contributed by atoms with Gasteiger partial charge in [0, 0.05) is 43.7 Å². The highest BCUT2D eigenvalue weighted by Crippen LogP contribution is 2.75. The number of likely N-dealkylation sites (N-methyl/N-ethyl adjacent to an activating group) is 1. The van der Waals surface area contributed by atoms with Crippen molar-refractivity contribution in [3.05, 3.63) is 41.7 Å². The van der Waals surface area contributed by atoms with Crippen LogP contribution in [0.2, 0.25) is 0 Å². The first-order chi connectivity index (χ1) is 13.2. The summed E-state index contributed by atoms with van der Waals surface area (Å²) in [6.07, 6.45) is 7.04. The predicted molar refractivity (Wildman–Crippen MR) is 108 cm³/mol. The summed E-state index contributed by atoms with van der Waals surface area (Å²) in [7, 11) is 1.71. The summed E-state index contributed by atoms with van der Waals surface area (Å²) in [5, 5.41) is 11.1. The SMILES string of the molecule is CCN(CCOC)c1cc(Nc2cc(C3CC34CC4)ccc2C=N)ncn1. The maximum Gasteiger partial charge on any atom is 0.135 e. The van der Waals surface area contributed by atoms with E-state index < -0.39 is 0 Å². The lowest BCUT2D eigenvalue weighted by atomic mass is 10.0. The highest BCUT2D eigenvalue weighted by molar-refractivity contribution is 5.87. The van der Waals surface area contributed by atoms with E-state index in [9.17, 15) is 0 Å². The van der Waals surface area contributed by atoms with E-state index in [1.54, 1.807) is 13.4 Å². The van der Waals surface area contributed by atoms with Gasteiger partial charge in [0.1, 0.15) is 18.0 Å². The van der Waals surface area contributed by atoms with Crippen LogP contribution in [0.3, 0.4) is 0 Å². The molecule has 1 unspecified atom stereocenters. The van der Waals surface area contributed by atoms with Crippen LogP contribution in [0, 0.1) is 10.8 Å². The van der Waals surface area contributed by atoms with Crippen molar-refractivity contribution in [2.75, 3.05) is 37.0 Å². The Morgan fingerprint density at radius 3 is 2.85 bits per heavy atom. The van der Waals surface area contributed by atoms with E-state index in [2.05, 4.69) is 39.2 Å². The Labute approximate surface area is 160 Å². The Morgan fingerprint density at radius 1 is 1.33 bits per heavy atom. The molecule has 1 spiro atoms. The van der Waals surface area contributed by atoms with Crippen molar-refractivity contribution in [1.82, 2.24) is 9.97 Å². The van der Waals surface area contributed by atoms with Crippen LogP contribution in [0.4, 0.5) is 17.3 Å². The van der Waals surface area contributed by atoms with Crippen molar-refractivity contribution >= 4 is 23.5 Å². The van der Waals surface area contributed by atoms with E-state index in [-0.39, 0.29) is 0 Å². The molecule has 27 heavy (non-hydrogen) atoms. The molecule has 2 saturated carbocycles. The van der Waals surface area contributed by atoms with Crippen LogP contribution in [0.25, 0.3) is 0 Å². The van der Waals surface area contributed by atoms with Crippen LogP contribution < -0.4 is 10.2 Å². The van der Waals surface area contributed by atoms with Gasteiger partial charge in [-0.15, -0.1) is 0 Å². The molecule has 0 amide bonds. The van der Waals surface area contributed by atoms with Crippen LogP contribution in [0.1, 0.15) is 43.2 Å². The molecule has 0 saturated heterocycles. The van der Waals surface area contributed by atoms with Crippen LogP contribution in [0.5, 0.6) is 0 Å². The molecular weight excluding hydrogens is 338 g/mol. The molecule has 6 nitrogen and oxygen atoms in total. The Kier molecular flexibility index (Phi) is 4.83. The number of nitrogens with zero attached hydrogens (tertiary/aromatic N) is 3. The number of benzene rings is 1. The molecule has 1 aromatic heterocycles. The highest BCUT2D eigenvalue weighted by Gasteiger charge is 2.62. The van der Waals surface area contributed by atoms with Gasteiger partial charge in [0.2, 0.25) is 0 Å². The first kappa shape index (κ1) is 17.9. The van der Waals surface area contributed by atoms with E-state index >= 15 is 0 Å². The summed E-state index contributed by atoms with van der Waals surface area (Å²) >= 11 is 0. The Morgan fingerprint density at radius 2 is 2.19 bits per heavy atom. The number of hydrogen-bond donors (Lipinski definition) is 2. The monoisotopic (exact) mass is 365 g/mol. The molecule has 0 aliphatic heterocycles. The predicted octanol–water partition coefficient (Wildman–Crippen LogP) is 3.96. The van der Waals surface area contributed by atoms with Gasteiger partial charge in [0.05, 0.1) is 6.61 Å². The lowest BCUT2D eigenvalue weighted by Gasteiger charge is -2.21. The standard InChI is InChI=1S/C21H27N5O/c1-3-26(8-9-27-2)20-11-19(23-14-24-20)25-18-10-15(4-5-16(18)13-22)17-12-21(17)6-7-21/h4-5,10-11,13-14,17,22H,3,6-9,12H2,1-2H3,(H,23,24,25). The first-order valence-electron chi connectivity index (χ1n) is 9.66. The molecule has 142 valence electrons. The number of methoxy groups -OCH3 is 1. The van der Waals surface area contributed by atoms with Crippen molar-refractivity contribution in [3.63, 3.8) is 0 Å². The van der Waals surface area contributed by atoms with Crippen molar-refractivity contribution < 1.29 is 4.74 Å². The second-order valence-corrected chi connectivity index (χ2v) is 7.57. The molecule has 1 atom stereocenters. The van der Waals surface area contributed by atoms with Crippen molar-refractivity contribution in [2.45, 2.75) is 32.1 Å². The van der Waals surface area contributed by atoms with E-state index in [0.29, 0.717) is 17.9 Å². The zero-order chi connectivity index (χ0) is 18.9. The van der Waals surface area contributed by atoms with Gasteiger partial charge in [-0.05, 0) is 49.1 Å². The second kappa shape index (κ2) is 7.27. The Balaban J connectivity index is 1.55. The normalized spacial score (nSPS) is 19.0. The molecular formula is C21H27N5O. The summed E-state index contributed by atoms with van der Waals surface area (Å²) < 4.78 is 5.19. The fourth-order valence-corrected chi connectivity index (χ4v) is 3.92. The largest absolute Gasteiger partial charge is 0.383 e. The molecule has 2 fully saturated rings. The molecule has 0 radical (unpaired) electrons. The van der Waals surface area contributed by atoms with E-state index in [4.69, 9.17) is 10.1 Å². The third-order valence-electron chi connectivity index (χ3n) is 5.90. The molecule has 4 rings (SSSR count). The molecule has 2 N–H and O–H groups in total. The third-order valence-corrected chi connectivity index (χ3v) is 5.90. The van der Waals surface area contributed by atoms with Crippen LogP contribution >= 0.6 is 0 Å². The van der Waals surface area contributed by atoms with Gasteiger partial charge in [-0.25, -0.2) is 9.97 Å². The maximum atomic E-state index is 7.73. The van der Waals surface area contributed by atoms with Gasteiger partial charge in [-0.1, -0.05) is 12.1 Å². The van der Waals surface area contributed by atoms with Gasteiger partial charge in [-0.3, -0.25) is 0 Å². The topological polar surface area (TPSA) is 74.1 Å². The number of aromatic nitrogens is 2. The fourth-order valence-electron chi connectivity index (χ4n) is 3.92. The molecule has 2 aromatic rings. The molecule has 2 aliphatic carbocycles. The van der Waals surface area contributed by atoms with Crippen LogP contribution in [0.15, 0.2) is 30.6 Å². The van der Waals surface area contributed by atoms with E-state index in [1.165, 1.54) is 31.0 Å². The minimum atomic E-state index is 0.620. The van der Waals surface area contributed by atoms with Gasteiger partial charge < -0.3 is 20.4 Å².